The molecule has 0 saturated carbocycles. The van der Waals surface area contributed by atoms with Gasteiger partial charge in [-0.1, -0.05) is 46.8 Å². The molecule has 0 aromatic heterocycles. The molecule has 0 aliphatic heterocycles. The molecule has 2 aromatic carbocycles. The Morgan fingerprint density at radius 3 is 2.79 bits per heavy atom. The highest BCUT2D eigenvalue weighted by atomic mass is 79.9. The van der Waals surface area contributed by atoms with Gasteiger partial charge in [-0.15, -0.1) is 0 Å². The third-order valence-electron chi connectivity index (χ3n) is 3.75. The van der Waals surface area contributed by atoms with E-state index in [0.717, 1.165) is 5.57 Å². The molecule has 146 valence electrons. The molecule has 0 aliphatic carbocycles. The lowest BCUT2D eigenvalue weighted by atomic mass is 10.1. The first-order valence-corrected chi connectivity index (χ1v) is 9.36. The number of allylic oxidation sites excluding steroid dienone is 4. The molecule has 6 heteroatoms. The highest BCUT2D eigenvalue weighted by Gasteiger charge is 2.09. The molecular weight excluding hydrogens is 425 g/mol. The van der Waals surface area contributed by atoms with E-state index in [0.29, 0.717) is 28.9 Å². The van der Waals surface area contributed by atoms with Crippen LogP contribution >= 0.6 is 15.9 Å². The fraction of sp³-hybridized carbons (Fsp3) is 0.136. The number of halogens is 2. The molecule has 2 N–H and O–H groups in total. The van der Waals surface area contributed by atoms with E-state index in [9.17, 15) is 14.3 Å². The third kappa shape index (κ3) is 6.70. The number of amides is 1. The summed E-state index contributed by atoms with van der Waals surface area (Å²) in [6, 6.07) is 10.9. The largest absolute Gasteiger partial charge is 0.512 e. The molecule has 0 spiro atoms. The van der Waals surface area contributed by atoms with Crippen LogP contribution in [0.4, 0.5) is 10.1 Å². The van der Waals surface area contributed by atoms with Gasteiger partial charge in [0.1, 0.15) is 11.6 Å². The Morgan fingerprint density at radius 1 is 1.32 bits per heavy atom. The van der Waals surface area contributed by atoms with Crippen LogP contribution < -0.4 is 10.1 Å². The fourth-order valence-electron chi connectivity index (χ4n) is 2.40. The molecule has 0 fully saturated rings. The summed E-state index contributed by atoms with van der Waals surface area (Å²) in [5.74, 6) is -0.122. The van der Waals surface area contributed by atoms with Gasteiger partial charge in [-0.05, 0) is 42.8 Å². The van der Waals surface area contributed by atoms with Crippen molar-refractivity contribution in [2.24, 2.45) is 0 Å². The number of aliphatic hydroxyl groups is 1. The maximum atomic E-state index is 13.5. The molecule has 0 heterocycles. The third-order valence-corrected chi connectivity index (χ3v) is 4.21. The maximum absolute atomic E-state index is 13.5. The predicted molar refractivity (Wildman–Crippen MR) is 113 cm³/mol. The van der Waals surface area contributed by atoms with Gasteiger partial charge in [-0.2, -0.15) is 0 Å². The second kappa shape index (κ2) is 10.5. The van der Waals surface area contributed by atoms with E-state index in [4.69, 9.17) is 4.74 Å². The van der Waals surface area contributed by atoms with Gasteiger partial charge in [0.05, 0.1) is 12.4 Å². The standard InChI is InChI=1S/C22H21BrFNO3/c1-3-4-6-16(15(2)26)9-10-28-21-8-5-7-20(14-21)25-22(27)17-11-18(23)13-19(24)12-17/h3-8,11-14,26H,1,9-10H2,2H3,(H,25,27)/b6-4-,16-15-. The molecular formula is C22H21BrFNO3. The van der Waals surface area contributed by atoms with Crippen LogP contribution in [0.15, 0.2) is 83.1 Å². The van der Waals surface area contributed by atoms with Gasteiger partial charge in [0.2, 0.25) is 0 Å². The number of aliphatic hydroxyl groups excluding tert-OH is 1. The maximum Gasteiger partial charge on any atom is 0.255 e. The summed E-state index contributed by atoms with van der Waals surface area (Å²) < 4.78 is 19.7. The van der Waals surface area contributed by atoms with Gasteiger partial charge in [-0.3, -0.25) is 4.79 Å². The second-order valence-electron chi connectivity index (χ2n) is 5.94. The number of carbonyl (C=O) groups is 1. The van der Waals surface area contributed by atoms with Crippen molar-refractivity contribution in [2.75, 3.05) is 11.9 Å². The molecule has 0 unspecified atom stereocenters. The van der Waals surface area contributed by atoms with E-state index >= 15 is 0 Å². The number of ether oxygens (including phenoxy) is 1. The van der Waals surface area contributed by atoms with Crippen LogP contribution in [0, 0.1) is 5.82 Å². The summed E-state index contributed by atoms with van der Waals surface area (Å²) >= 11 is 3.17. The van der Waals surface area contributed by atoms with Crippen molar-refractivity contribution in [1.82, 2.24) is 0 Å². The number of nitrogens with one attached hydrogen (secondary N) is 1. The van der Waals surface area contributed by atoms with Gasteiger partial charge < -0.3 is 15.2 Å². The average Bonchev–Trinajstić information content (AvgIpc) is 2.63. The van der Waals surface area contributed by atoms with Crippen LogP contribution in [0.1, 0.15) is 23.7 Å². The Labute approximate surface area is 172 Å². The minimum Gasteiger partial charge on any atom is -0.512 e. The van der Waals surface area contributed by atoms with E-state index in [2.05, 4.69) is 27.8 Å². The molecule has 0 saturated heterocycles. The summed E-state index contributed by atoms with van der Waals surface area (Å²) in [6.45, 7) is 5.57. The lowest BCUT2D eigenvalue weighted by Crippen LogP contribution is -2.12. The lowest BCUT2D eigenvalue weighted by molar-refractivity contribution is 0.102. The Morgan fingerprint density at radius 2 is 2.11 bits per heavy atom. The second-order valence-corrected chi connectivity index (χ2v) is 6.86. The van der Waals surface area contributed by atoms with E-state index in [1.807, 2.05) is 0 Å². The van der Waals surface area contributed by atoms with Gasteiger partial charge in [0, 0.05) is 28.2 Å². The Kier molecular flexibility index (Phi) is 8.02. The molecule has 2 aromatic rings. The Hall–Kier alpha value is -2.86. The first kappa shape index (κ1) is 21.4. The van der Waals surface area contributed by atoms with Gasteiger partial charge in [-0.25, -0.2) is 4.39 Å². The van der Waals surface area contributed by atoms with E-state index in [1.54, 1.807) is 55.5 Å². The average molecular weight is 446 g/mol. The molecule has 2 rings (SSSR count). The summed E-state index contributed by atoms with van der Waals surface area (Å²) in [5, 5.41) is 12.4. The summed E-state index contributed by atoms with van der Waals surface area (Å²) in [4.78, 5) is 12.3. The van der Waals surface area contributed by atoms with E-state index < -0.39 is 11.7 Å². The highest BCUT2D eigenvalue weighted by Crippen LogP contribution is 2.21. The predicted octanol–water partition coefficient (Wildman–Crippen LogP) is 6.18. The van der Waals surface area contributed by atoms with Crippen LogP contribution in [0.3, 0.4) is 0 Å². The van der Waals surface area contributed by atoms with Gasteiger partial charge in [0.15, 0.2) is 0 Å². The topological polar surface area (TPSA) is 58.6 Å². The summed E-state index contributed by atoms with van der Waals surface area (Å²) in [7, 11) is 0. The van der Waals surface area contributed by atoms with E-state index in [1.165, 1.54) is 12.1 Å². The number of benzene rings is 2. The zero-order valence-electron chi connectivity index (χ0n) is 15.4. The van der Waals surface area contributed by atoms with Crippen molar-refractivity contribution >= 4 is 27.5 Å². The van der Waals surface area contributed by atoms with Crippen molar-refractivity contribution < 1.29 is 19.0 Å². The van der Waals surface area contributed by atoms with Crippen molar-refractivity contribution in [1.29, 1.82) is 0 Å². The minimum absolute atomic E-state index is 0.209. The zero-order valence-corrected chi connectivity index (χ0v) is 17.0. The highest BCUT2D eigenvalue weighted by molar-refractivity contribution is 9.10. The molecule has 0 radical (unpaired) electrons. The summed E-state index contributed by atoms with van der Waals surface area (Å²) in [6.07, 6.45) is 5.67. The molecule has 28 heavy (non-hydrogen) atoms. The Bertz CT molecular complexity index is 897. The molecule has 1 amide bonds. The lowest BCUT2D eigenvalue weighted by Gasteiger charge is -2.10. The van der Waals surface area contributed by atoms with Gasteiger partial charge >= 0.3 is 0 Å². The molecule has 0 bridgehead atoms. The van der Waals surface area contributed by atoms with Gasteiger partial charge in [0.25, 0.3) is 5.91 Å². The van der Waals surface area contributed by atoms with Crippen molar-refractivity contribution in [2.45, 2.75) is 13.3 Å². The number of hydrogen-bond acceptors (Lipinski definition) is 3. The first-order valence-electron chi connectivity index (χ1n) is 8.57. The first-order chi connectivity index (χ1) is 13.4. The van der Waals surface area contributed by atoms with Crippen LogP contribution in [0.25, 0.3) is 0 Å². The number of anilines is 1. The van der Waals surface area contributed by atoms with E-state index in [-0.39, 0.29) is 11.3 Å². The fourth-order valence-corrected chi connectivity index (χ4v) is 2.87. The van der Waals surface area contributed by atoms with Crippen molar-refractivity contribution in [3.8, 4) is 5.75 Å². The monoisotopic (exact) mass is 445 g/mol. The summed E-state index contributed by atoms with van der Waals surface area (Å²) in [5.41, 5.74) is 1.49. The normalized spacial score (nSPS) is 11.8. The Balaban J connectivity index is 2.00. The smallest absolute Gasteiger partial charge is 0.255 e. The van der Waals surface area contributed by atoms with Crippen molar-refractivity contribution in [3.63, 3.8) is 0 Å². The molecule has 0 aliphatic rings. The van der Waals surface area contributed by atoms with Crippen LogP contribution in [0.2, 0.25) is 0 Å². The van der Waals surface area contributed by atoms with Crippen LogP contribution in [0.5, 0.6) is 5.75 Å². The van der Waals surface area contributed by atoms with Crippen molar-refractivity contribution in [3.05, 3.63) is 94.5 Å². The van der Waals surface area contributed by atoms with Crippen LogP contribution in [-0.2, 0) is 0 Å². The quantitative estimate of drug-likeness (QED) is 0.376. The number of rotatable bonds is 8. The van der Waals surface area contributed by atoms with Crippen LogP contribution in [-0.4, -0.2) is 17.6 Å². The zero-order chi connectivity index (χ0) is 20.5. The number of carbonyl (C=O) groups excluding carboxylic acids is 1. The molecule has 4 nitrogen and oxygen atoms in total. The number of hydrogen-bond donors (Lipinski definition) is 2. The molecule has 0 atom stereocenters. The minimum atomic E-state index is -0.495. The SMILES string of the molecule is C=C/C=C\C(CCOc1cccc(NC(=O)c2cc(F)cc(Br)c2)c1)=C(/C)O.